The van der Waals surface area contributed by atoms with Crippen molar-refractivity contribution in [3.05, 3.63) is 70.1 Å². The molecule has 4 rings (SSSR count). The van der Waals surface area contributed by atoms with E-state index < -0.39 is 38.2 Å². The van der Waals surface area contributed by atoms with Crippen LogP contribution in [0.4, 0.5) is 25.1 Å². The highest BCUT2D eigenvalue weighted by molar-refractivity contribution is 7.93. The lowest BCUT2D eigenvalue weighted by atomic mass is 9.76. The molecule has 8 nitrogen and oxygen atoms in total. The van der Waals surface area contributed by atoms with E-state index in [2.05, 4.69) is 36.0 Å². The van der Waals surface area contributed by atoms with Crippen LogP contribution in [0.3, 0.4) is 0 Å². The second kappa shape index (κ2) is 11.7. The Kier molecular flexibility index (Phi) is 8.77. The van der Waals surface area contributed by atoms with Crippen LogP contribution in [0.2, 0.25) is 0 Å². The Balaban J connectivity index is 1.53. The molecule has 1 N–H and O–H groups in total. The van der Waals surface area contributed by atoms with Gasteiger partial charge in [-0.05, 0) is 55.4 Å². The van der Waals surface area contributed by atoms with Crippen LogP contribution >= 0.6 is 11.3 Å². The molecule has 1 aromatic heterocycles. The first-order chi connectivity index (χ1) is 19.1. The molecular weight excluding hydrogens is 570 g/mol. The number of carbonyl (C=O) groups excluding carboxylic acids is 1. The molecule has 3 aromatic rings. The Bertz CT molecular complexity index is 1470. The number of anilines is 2. The first-order valence-electron chi connectivity index (χ1n) is 13.2. The Labute approximate surface area is 244 Å². The normalized spacial score (nSPS) is 14.9. The first-order valence-corrected chi connectivity index (χ1v) is 15.6. The molecule has 12 heteroatoms. The van der Waals surface area contributed by atoms with Gasteiger partial charge in [-0.3, -0.25) is 4.90 Å². The van der Waals surface area contributed by atoms with Gasteiger partial charge in [0.1, 0.15) is 17.2 Å². The number of sulfonamides is 1. The van der Waals surface area contributed by atoms with E-state index in [1.807, 2.05) is 24.3 Å². The molecule has 0 radical (unpaired) electrons. The summed E-state index contributed by atoms with van der Waals surface area (Å²) in [7, 11) is -5.05. The van der Waals surface area contributed by atoms with Gasteiger partial charge in [0.15, 0.2) is 10.7 Å². The van der Waals surface area contributed by atoms with E-state index in [0.717, 1.165) is 54.2 Å². The largest absolute Gasteiger partial charge is 0.443 e. The molecule has 2 aromatic carbocycles. The van der Waals surface area contributed by atoms with Gasteiger partial charge in [0.2, 0.25) is 0 Å². The molecule has 1 aliphatic heterocycles. The predicted octanol–water partition coefficient (Wildman–Crippen LogP) is 6.64. The molecule has 2 heterocycles. The number of aromatic nitrogens is 1. The number of rotatable bonds is 8. The van der Waals surface area contributed by atoms with Gasteiger partial charge in [-0.2, -0.15) is 0 Å². The molecule has 222 valence electrons. The second-order valence-electron chi connectivity index (χ2n) is 12.2. The van der Waals surface area contributed by atoms with E-state index in [0.29, 0.717) is 5.92 Å². The summed E-state index contributed by atoms with van der Waals surface area (Å²) >= 11 is 1.02. The average molecular weight is 607 g/mol. The fourth-order valence-electron chi connectivity index (χ4n) is 4.49. The number of amides is 1. The molecule has 1 amide bonds. The Hall–Kier alpha value is -3.09. The van der Waals surface area contributed by atoms with E-state index >= 15 is 8.78 Å². The molecule has 41 heavy (non-hydrogen) atoms. The molecular formula is C29H36F2N4O4S2. The summed E-state index contributed by atoms with van der Waals surface area (Å²) in [5.41, 5.74) is 2.61. The van der Waals surface area contributed by atoms with Crippen molar-refractivity contribution >= 4 is 39.0 Å². The van der Waals surface area contributed by atoms with Crippen LogP contribution in [0.5, 0.6) is 0 Å². The van der Waals surface area contributed by atoms with Gasteiger partial charge in [-0.15, -0.1) is 15.6 Å². The lowest BCUT2D eigenvalue weighted by Crippen LogP contribution is -2.51. The predicted molar refractivity (Wildman–Crippen MR) is 156 cm³/mol. The number of likely N-dealkylation sites (tertiary alicyclic amines) is 1. The van der Waals surface area contributed by atoms with Crippen molar-refractivity contribution in [2.45, 2.75) is 65.1 Å². The maximum Gasteiger partial charge on any atom is 0.430 e. The van der Waals surface area contributed by atoms with Crippen LogP contribution in [0.25, 0.3) is 0 Å². The number of nitrogens with one attached hydrogen (secondary N) is 1. The van der Waals surface area contributed by atoms with Crippen LogP contribution in [-0.2, 0) is 27.8 Å². The number of thiazole rings is 1. The summed E-state index contributed by atoms with van der Waals surface area (Å²) in [6, 6.07) is 9.63. The van der Waals surface area contributed by atoms with Gasteiger partial charge in [0.25, 0.3) is 10.0 Å². The molecule has 0 bridgehead atoms. The summed E-state index contributed by atoms with van der Waals surface area (Å²) < 4.78 is 62.9. The maximum absolute atomic E-state index is 15.3. The molecule has 0 spiro atoms. The number of hydrogen-bond donors (Lipinski definition) is 1. The second-order valence-corrected chi connectivity index (χ2v) is 14.7. The number of nitrogens with zero attached hydrogens (tertiary/aromatic N) is 3. The highest BCUT2D eigenvalue weighted by Gasteiger charge is 2.40. The van der Waals surface area contributed by atoms with Crippen molar-refractivity contribution in [3.8, 4) is 0 Å². The third-order valence-electron chi connectivity index (χ3n) is 6.86. The van der Waals surface area contributed by atoms with Gasteiger partial charge < -0.3 is 10.1 Å². The summed E-state index contributed by atoms with van der Waals surface area (Å²) in [5.74, 6) is -2.38. The van der Waals surface area contributed by atoms with Crippen LogP contribution in [-0.4, -0.2) is 43.1 Å². The molecule has 1 saturated heterocycles. The van der Waals surface area contributed by atoms with Crippen molar-refractivity contribution in [2.75, 3.05) is 22.7 Å². The molecule has 0 unspecified atom stereocenters. The smallest absolute Gasteiger partial charge is 0.430 e. The number of hydrogen-bond acceptors (Lipinski definition) is 8. The number of ether oxygens (including phenoxy) is 1. The zero-order chi connectivity index (χ0) is 30.2. The highest BCUT2D eigenvalue weighted by Crippen LogP contribution is 2.35. The van der Waals surface area contributed by atoms with Crippen molar-refractivity contribution < 1.29 is 26.7 Å². The van der Waals surface area contributed by atoms with Crippen LogP contribution in [0.1, 0.15) is 52.7 Å². The SMILES string of the molecule is CC(C)(C)OC(=O)N(c1cscn1)S(=O)(=O)c1c(F)cc(NCc2ccccc2CN2CC(C(C)(C)C)C2)cc1F. The van der Waals surface area contributed by atoms with Crippen molar-refractivity contribution in [1.29, 1.82) is 0 Å². The van der Waals surface area contributed by atoms with E-state index in [9.17, 15) is 13.2 Å². The van der Waals surface area contributed by atoms with E-state index in [1.54, 1.807) is 20.8 Å². The van der Waals surface area contributed by atoms with Gasteiger partial charge >= 0.3 is 6.09 Å². The fraction of sp³-hybridized carbons (Fsp3) is 0.448. The topological polar surface area (TPSA) is 91.8 Å². The van der Waals surface area contributed by atoms with E-state index in [4.69, 9.17) is 4.74 Å². The summed E-state index contributed by atoms with van der Waals surface area (Å²) in [6.07, 6.45) is -1.32. The van der Waals surface area contributed by atoms with Gasteiger partial charge in [-0.25, -0.2) is 27.0 Å². The first kappa shape index (κ1) is 30.9. The zero-order valence-corrected chi connectivity index (χ0v) is 25.7. The zero-order valence-electron chi connectivity index (χ0n) is 24.1. The van der Waals surface area contributed by atoms with Crippen LogP contribution < -0.4 is 9.62 Å². The molecule has 0 aliphatic carbocycles. The van der Waals surface area contributed by atoms with Crippen molar-refractivity contribution in [1.82, 2.24) is 9.88 Å². The Morgan fingerprint density at radius 1 is 1.10 bits per heavy atom. The lowest BCUT2D eigenvalue weighted by molar-refractivity contribution is 0.0187. The molecule has 0 atom stereocenters. The summed E-state index contributed by atoms with van der Waals surface area (Å²) in [4.78, 5) is 17.8. The number of carbonyl (C=O) groups is 1. The van der Waals surface area contributed by atoms with Crippen molar-refractivity contribution in [3.63, 3.8) is 0 Å². The lowest BCUT2D eigenvalue weighted by Gasteiger charge is -2.46. The van der Waals surface area contributed by atoms with Crippen LogP contribution in [0, 0.1) is 23.0 Å². The monoisotopic (exact) mass is 606 g/mol. The summed E-state index contributed by atoms with van der Waals surface area (Å²) in [6.45, 7) is 14.4. The highest BCUT2D eigenvalue weighted by atomic mass is 32.2. The average Bonchev–Trinajstić information content (AvgIpc) is 3.31. The minimum Gasteiger partial charge on any atom is -0.443 e. The quantitative estimate of drug-likeness (QED) is 0.307. The van der Waals surface area contributed by atoms with Crippen LogP contribution in [0.15, 0.2) is 52.2 Å². The van der Waals surface area contributed by atoms with E-state index in [1.165, 1.54) is 10.9 Å². The van der Waals surface area contributed by atoms with Gasteiger partial charge in [0, 0.05) is 37.2 Å². The van der Waals surface area contributed by atoms with Gasteiger partial charge in [-0.1, -0.05) is 45.0 Å². The number of halogens is 2. The van der Waals surface area contributed by atoms with Gasteiger partial charge in [0.05, 0.1) is 5.51 Å². The standard InChI is InChI=1S/C29H36F2N4O4S2/c1-28(2,3)21-15-34(16-21)14-20-10-8-7-9-19(20)13-32-22-11-23(30)26(24(31)12-22)41(37,38)35(25-17-40-18-33-25)27(36)39-29(4,5)6/h7-12,17-18,21,32H,13-16H2,1-6H3. The minimum absolute atomic E-state index is 0.0583. The third-order valence-corrected chi connectivity index (χ3v) is 9.16. The Morgan fingerprint density at radius 3 is 2.24 bits per heavy atom. The maximum atomic E-state index is 15.3. The number of benzene rings is 2. The fourth-order valence-corrected chi connectivity index (χ4v) is 6.45. The summed E-state index contributed by atoms with van der Waals surface area (Å²) in [5, 5.41) is 4.28. The Morgan fingerprint density at radius 2 is 1.71 bits per heavy atom. The molecule has 1 fully saturated rings. The minimum atomic E-state index is -5.05. The molecule has 1 aliphatic rings. The third kappa shape index (κ3) is 7.22. The molecule has 0 saturated carbocycles. The van der Waals surface area contributed by atoms with Crippen molar-refractivity contribution in [2.24, 2.45) is 11.3 Å². The van der Waals surface area contributed by atoms with E-state index in [-0.39, 0.29) is 27.8 Å².